The Labute approximate surface area is 92.4 Å². The van der Waals surface area contributed by atoms with E-state index in [9.17, 15) is 4.79 Å². The summed E-state index contributed by atoms with van der Waals surface area (Å²) in [5, 5.41) is 6.33. The first-order valence-corrected chi connectivity index (χ1v) is 5.89. The van der Waals surface area contributed by atoms with E-state index >= 15 is 0 Å². The maximum Gasteiger partial charge on any atom is 0.317 e. The van der Waals surface area contributed by atoms with Crippen molar-refractivity contribution in [2.75, 3.05) is 26.2 Å². The lowest BCUT2D eigenvalue weighted by atomic mass is 9.96. The van der Waals surface area contributed by atoms with Gasteiger partial charge in [0.15, 0.2) is 0 Å². The summed E-state index contributed by atoms with van der Waals surface area (Å²) in [4.78, 5) is 13.1. The summed E-state index contributed by atoms with van der Waals surface area (Å²) < 4.78 is 0. The molecule has 4 nitrogen and oxygen atoms in total. The van der Waals surface area contributed by atoms with Gasteiger partial charge < -0.3 is 15.5 Å². The zero-order valence-electron chi connectivity index (χ0n) is 10.1. The second-order valence-corrected chi connectivity index (χ2v) is 4.41. The first-order chi connectivity index (χ1) is 7.11. The highest BCUT2D eigenvalue weighted by atomic mass is 16.2. The predicted molar refractivity (Wildman–Crippen MR) is 62.0 cm³/mol. The molecular weight excluding hydrogens is 190 g/mol. The van der Waals surface area contributed by atoms with Crippen LogP contribution in [0.1, 0.15) is 33.6 Å². The van der Waals surface area contributed by atoms with Crippen LogP contribution in [0, 0.1) is 0 Å². The Morgan fingerprint density at radius 1 is 1.47 bits per heavy atom. The fourth-order valence-corrected chi connectivity index (χ4v) is 1.72. The lowest BCUT2D eigenvalue weighted by Gasteiger charge is -2.29. The minimum absolute atomic E-state index is 0.0755. The summed E-state index contributed by atoms with van der Waals surface area (Å²) in [7, 11) is 0. The number of carbonyl (C=O) groups excluding carboxylic acids is 1. The van der Waals surface area contributed by atoms with Crippen LogP contribution in [-0.4, -0.2) is 42.6 Å². The van der Waals surface area contributed by atoms with Gasteiger partial charge in [-0.05, 0) is 19.8 Å². The zero-order chi connectivity index (χ0) is 11.3. The van der Waals surface area contributed by atoms with Gasteiger partial charge in [0.1, 0.15) is 0 Å². The normalized spacial score (nSPS) is 17.0. The van der Waals surface area contributed by atoms with Crippen molar-refractivity contribution < 1.29 is 4.79 Å². The molecule has 1 saturated heterocycles. The van der Waals surface area contributed by atoms with E-state index in [4.69, 9.17) is 0 Å². The van der Waals surface area contributed by atoms with E-state index in [1.54, 1.807) is 0 Å². The Kier molecular flexibility index (Phi) is 4.39. The van der Waals surface area contributed by atoms with Crippen LogP contribution < -0.4 is 10.6 Å². The fraction of sp³-hybridized carbons (Fsp3) is 0.909. The van der Waals surface area contributed by atoms with Crippen LogP contribution in [0.5, 0.6) is 0 Å². The van der Waals surface area contributed by atoms with Crippen molar-refractivity contribution in [3.8, 4) is 0 Å². The lowest BCUT2D eigenvalue weighted by Crippen LogP contribution is -2.45. The monoisotopic (exact) mass is 213 g/mol. The topological polar surface area (TPSA) is 44.4 Å². The van der Waals surface area contributed by atoms with Crippen LogP contribution in [0.2, 0.25) is 0 Å². The van der Waals surface area contributed by atoms with Crippen molar-refractivity contribution in [1.82, 2.24) is 15.5 Å². The summed E-state index contributed by atoms with van der Waals surface area (Å²) in [6, 6.07) is 0.0755. The molecule has 0 aromatic carbocycles. The molecule has 0 atom stereocenters. The van der Waals surface area contributed by atoms with Crippen LogP contribution >= 0.6 is 0 Å². The van der Waals surface area contributed by atoms with Crippen LogP contribution in [-0.2, 0) is 0 Å². The van der Waals surface area contributed by atoms with Crippen LogP contribution in [0.3, 0.4) is 0 Å². The lowest BCUT2D eigenvalue weighted by molar-refractivity contribution is 0.214. The number of amides is 2. The van der Waals surface area contributed by atoms with Crippen molar-refractivity contribution in [3.05, 3.63) is 0 Å². The average Bonchev–Trinajstić information content (AvgIpc) is 2.64. The van der Waals surface area contributed by atoms with E-state index in [0.717, 1.165) is 39.0 Å². The largest absolute Gasteiger partial charge is 0.336 e. The van der Waals surface area contributed by atoms with Crippen molar-refractivity contribution in [2.24, 2.45) is 0 Å². The van der Waals surface area contributed by atoms with Crippen molar-refractivity contribution in [2.45, 2.75) is 39.2 Å². The third-order valence-corrected chi connectivity index (χ3v) is 3.44. The van der Waals surface area contributed by atoms with Gasteiger partial charge >= 0.3 is 6.03 Å². The maximum atomic E-state index is 11.3. The molecule has 2 amide bonds. The number of hydrogen-bond donors (Lipinski definition) is 2. The maximum absolute atomic E-state index is 11.3. The number of nitrogens with zero attached hydrogens (tertiary/aromatic N) is 1. The number of nitrogens with one attached hydrogen (secondary N) is 2. The number of carbonyl (C=O) groups is 1. The molecule has 1 aliphatic rings. The first-order valence-electron chi connectivity index (χ1n) is 5.89. The van der Waals surface area contributed by atoms with Crippen LogP contribution in [0.15, 0.2) is 0 Å². The minimum atomic E-state index is 0.0755. The second-order valence-electron chi connectivity index (χ2n) is 4.41. The molecule has 0 saturated carbocycles. The standard InChI is InChI=1S/C11H23N3O/c1-4-11(3,5-2)13-7-9-14-8-6-12-10(14)15/h13H,4-9H2,1-3H3,(H,12,15). The van der Waals surface area contributed by atoms with Gasteiger partial charge in [0, 0.05) is 31.7 Å². The zero-order valence-corrected chi connectivity index (χ0v) is 10.1. The molecule has 0 spiro atoms. The van der Waals surface area contributed by atoms with E-state index in [0.29, 0.717) is 0 Å². The van der Waals surface area contributed by atoms with Gasteiger partial charge in [-0.15, -0.1) is 0 Å². The highest BCUT2D eigenvalue weighted by molar-refractivity contribution is 5.76. The Morgan fingerprint density at radius 2 is 2.13 bits per heavy atom. The average molecular weight is 213 g/mol. The number of urea groups is 1. The molecular formula is C11H23N3O. The molecule has 0 aromatic heterocycles. The van der Waals surface area contributed by atoms with E-state index in [1.807, 2.05) is 4.90 Å². The van der Waals surface area contributed by atoms with Crippen molar-refractivity contribution >= 4 is 6.03 Å². The molecule has 1 heterocycles. The van der Waals surface area contributed by atoms with Gasteiger partial charge in [0.25, 0.3) is 0 Å². The smallest absolute Gasteiger partial charge is 0.317 e. The number of hydrogen-bond acceptors (Lipinski definition) is 2. The minimum Gasteiger partial charge on any atom is -0.336 e. The summed E-state index contributed by atoms with van der Waals surface area (Å²) in [6.07, 6.45) is 2.24. The van der Waals surface area contributed by atoms with Crippen LogP contribution in [0.4, 0.5) is 4.79 Å². The third-order valence-electron chi connectivity index (χ3n) is 3.44. The first kappa shape index (κ1) is 12.3. The molecule has 2 N–H and O–H groups in total. The highest BCUT2D eigenvalue weighted by Gasteiger charge is 2.21. The van der Waals surface area contributed by atoms with Gasteiger partial charge in [0.05, 0.1) is 0 Å². The third kappa shape index (κ3) is 3.38. The predicted octanol–water partition coefficient (Wildman–Crippen LogP) is 1.18. The summed E-state index contributed by atoms with van der Waals surface area (Å²) in [6.45, 7) is 9.94. The molecule has 0 unspecified atom stereocenters. The van der Waals surface area contributed by atoms with Gasteiger partial charge in [-0.25, -0.2) is 4.79 Å². The summed E-state index contributed by atoms with van der Waals surface area (Å²) in [5.74, 6) is 0. The van der Waals surface area contributed by atoms with E-state index in [2.05, 4.69) is 31.4 Å². The van der Waals surface area contributed by atoms with E-state index in [-0.39, 0.29) is 11.6 Å². The second kappa shape index (κ2) is 5.35. The molecule has 1 fully saturated rings. The molecule has 1 rings (SSSR count). The van der Waals surface area contributed by atoms with Gasteiger partial charge in [-0.3, -0.25) is 0 Å². The van der Waals surface area contributed by atoms with Crippen molar-refractivity contribution in [1.29, 1.82) is 0 Å². The fourth-order valence-electron chi connectivity index (χ4n) is 1.72. The summed E-state index contributed by atoms with van der Waals surface area (Å²) in [5.41, 5.74) is 0.218. The molecule has 0 aliphatic carbocycles. The Morgan fingerprint density at radius 3 is 2.60 bits per heavy atom. The van der Waals surface area contributed by atoms with Gasteiger partial charge in [-0.1, -0.05) is 13.8 Å². The van der Waals surface area contributed by atoms with Crippen LogP contribution in [0.25, 0.3) is 0 Å². The molecule has 0 bridgehead atoms. The molecule has 15 heavy (non-hydrogen) atoms. The van der Waals surface area contributed by atoms with E-state index in [1.165, 1.54) is 0 Å². The highest BCUT2D eigenvalue weighted by Crippen LogP contribution is 2.12. The van der Waals surface area contributed by atoms with Crippen molar-refractivity contribution in [3.63, 3.8) is 0 Å². The van der Waals surface area contributed by atoms with Gasteiger partial charge in [0.2, 0.25) is 0 Å². The Balaban J connectivity index is 2.23. The van der Waals surface area contributed by atoms with Gasteiger partial charge in [-0.2, -0.15) is 0 Å². The SMILES string of the molecule is CCC(C)(CC)NCCN1CCNC1=O. The number of rotatable bonds is 6. The molecule has 1 aliphatic heterocycles. The Hall–Kier alpha value is -0.770. The molecule has 0 radical (unpaired) electrons. The van der Waals surface area contributed by atoms with E-state index < -0.39 is 0 Å². The summed E-state index contributed by atoms with van der Waals surface area (Å²) >= 11 is 0. The quantitative estimate of drug-likeness (QED) is 0.696. The molecule has 4 heteroatoms. The molecule has 88 valence electrons. The Bertz CT molecular complexity index is 214. The molecule has 0 aromatic rings.